The zero-order valence-corrected chi connectivity index (χ0v) is 16.8. The number of hydrogen-bond donors (Lipinski definition) is 0. The fourth-order valence-electron chi connectivity index (χ4n) is 2.01. The summed E-state index contributed by atoms with van der Waals surface area (Å²) in [4.78, 5) is 25.5. The van der Waals surface area contributed by atoms with Crippen molar-refractivity contribution in [1.82, 2.24) is 4.90 Å². The van der Waals surface area contributed by atoms with Gasteiger partial charge >= 0.3 is 6.09 Å². The average Bonchev–Trinajstić information content (AvgIpc) is 2.50. The molecule has 0 aliphatic heterocycles. The number of ketones is 1. The van der Waals surface area contributed by atoms with Crippen molar-refractivity contribution < 1.29 is 26.9 Å². The minimum Gasteiger partial charge on any atom is -0.444 e. The molecule has 0 bridgehead atoms. The Morgan fingerprint density at radius 3 is 2.19 bits per heavy atom. The molecule has 0 aliphatic rings. The lowest BCUT2D eigenvalue weighted by molar-refractivity contribution is 0.0295. The average molecular weight is 385 g/mol. The summed E-state index contributed by atoms with van der Waals surface area (Å²) in [6.07, 6.45) is 1.39. The first kappa shape index (κ1) is 22.1. The fourth-order valence-corrected chi connectivity index (χ4v) is 2.36. The summed E-state index contributed by atoms with van der Waals surface area (Å²) in [6.45, 7) is 5.75. The predicted molar refractivity (Wildman–Crippen MR) is 98.5 cm³/mol. The van der Waals surface area contributed by atoms with Gasteiger partial charge in [-0.1, -0.05) is 24.3 Å². The van der Waals surface area contributed by atoms with Crippen LogP contribution in [0.1, 0.15) is 49.5 Å². The molecule has 0 heterocycles. The molecule has 0 unspecified atom stereocenters. The van der Waals surface area contributed by atoms with Crippen molar-refractivity contribution in [2.24, 2.45) is 0 Å². The molecule has 0 aliphatic carbocycles. The number of rotatable bonds is 8. The van der Waals surface area contributed by atoms with E-state index in [4.69, 9.17) is 8.92 Å². The Morgan fingerprint density at radius 1 is 1.12 bits per heavy atom. The van der Waals surface area contributed by atoms with Crippen LogP contribution in [-0.2, 0) is 25.6 Å². The maximum atomic E-state index is 12.2. The number of hydrogen-bond acceptors (Lipinski definition) is 6. The van der Waals surface area contributed by atoms with Gasteiger partial charge in [0.25, 0.3) is 10.1 Å². The lowest BCUT2D eigenvalue weighted by Gasteiger charge is -2.24. The molecule has 0 saturated heterocycles. The summed E-state index contributed by atoms with van der Waals surface area (Å²) in [6, 6.07) is 6.60. The van der Waals surface area contributed by atoms with E-state index >= 15 is 0 Å². The van der Waals surface area contributed by atoms with E-state index in [0.29, 0.717) is 30.5 Å². The highest BCUT2D eigenvalue weighted by molar-refractivity contribution is 7.85. The zero-order chi connectivity index (χ0) is 20.0. The molecule has 8 heteroatoms. The van der Waals surface area contributed by atoms with E-state index in [0.717, 1.165) is 6.26 Å². The number of amides is 1. The van der Waals surface area contributed by atoms with Crippen LogP contribution in [-0.4, -0.2) is 50.6 Å². The Labute approximate surface area is 155 Å². The van der Waals surface area contributed by atoms with Crippen molar-refractivity contribution in [3.05, 3.63) is 35.4 Å². The Morgan fingerprint density at radius 2 is 1.69 bits per heavy atom. The second-order valence-electron chi connectivity index (χ2n) is 7.09. The second kappa shape index (κ2) is 9.14. The molecule has 0 N–H and O–H groups in total. The first-order chi connectivity index (χ1) is 11.9. The SMILES string of the molecule is CN(CCCC(=O)c1ccc(COS(C)(=O)=O)cc1)C(=O)OC(C)(C)C. The highest BCUT2D eigenvalue weighted by Crippen LogP contribution is 2.12. The summed E-state index contributed by atoms with van der Waals surface area (Å²) in [7, 11) is -1.86. The zero-order valence-electron chi connectivity index (χ0n) is 15.9. The molecule has 1 aromatic carbocycles. The monoisotopic (exact) mass is 385 g/mol. The molecule has 0 saturated carbocycles. The smallest absolute Gasteiger partial charge is 0.410 e. The van der Waals surface area contributed by atoms with Crippen molar-refractivity contribution in [3.8, 4) is 0 Å². The van der Waals surface area contributed by atoms with E-state index in [-0.39, 0.29) is 12.4 Å². The Bertz CT molecular complexity index is 719. The van der Waals surface area contributed by atoms with Gasteiger partial charge in [-0.05, 0) is 32.8 Å². The third-order valence-corrected chi connectivity index (χ3v) is 3.86. The van der Waals surface area contributed by atoms with Crippen LogP contribution in [0.2, 0.25) is 0 Å². The van der Waals surface area contributed by atoms with Gasteiger partial charge in [0.15, 0.2) is 5.78 Å². The molecule has 0 fully saturated rings. The molecule has 1 aromatic rings. The number of nitrogens with zero attached hydrogens (tertiary/aromatic N) is 1. The largest absolute Gasteiger partial charge is 0.444 e. The molecule has 146 valence electrons. The predicted octanol–water partition coefficient (Wildman–Crippen LogP) is 2.99. The fraction of sp³-hybridized carbons (Fsp3) is 0.556. The van der Waals surface area contributed by atoms with Crippen molar-refractivity contribution in [2.75, 3.05) is 19.8 Å². The van der Waals surface area contributed by atoms with E-state index < -0.39 is 21.8 Å². The van der Waals surface area contributed by atoms with E-state index in [2.05, 4.69) is 0 Å². The lowest BCUT2D eigenvalue weighted by atomic mass is 10.0. The van der Waals surface area contributed by atoms with Crippen LogP contribution < -0.4 is 0 Å². The van der Waals surface area contributed by atoms with Crippen LogP contribution in [0.5, 0.6) is 0 Å². The third-order valence-electron chi connectivity index (χ3n) is 3.32. The first-order valence-electron chi connectivity index (χ1n) is 8.28. The van der Waals surface area contributed by atoms with E-state index in [1.807, 2.05) is 0 Å². The standard InChI is InChI=1S/C18H27NO6S/c1-18(2,3)25-17(21)19(4)12-6-7-16(20)15-10-8-14(9-11-15)13-24-26(5,22)23/h8-11H,6-7,12-13H2,1-5H3. The third kappa shape index (κ3) is 8.96. The number of carbonyl (C=O) groups excluding carboxylic acids is 2. The van der Waals surface area contributed by atoms with Crippen LogP contribution in [0.15, 0.2) is 24.3 Å². The van der Waals surface area contributed by atoms with Crippen LogP contribution in [0, 0.1) is 0 Å². The van der Waals surface area contributed by atoms with Crippen molar-refractivity contribution in [1.29, 1.82) is 0 Å². The molecule has 0 atom stereocenters. The van der Waals surface area contributed by atoms with Crippen LogP contribution in [0.3, 0.4) is 0 Å². The molecular weight excluding hydrogens is 358 g/mol. The normalized spacial score (nSPS) is 11.9. The molecule has 7 nitrogen and oxygen atoms in total. The van der Waals surface area contributed by atoms with Gasteiger partial charge in [-0.3, -0.25) is 8.98 Å². The Balaban J connectivity index is 2.45. The van der Waals surface area contributed by atoms with Crippen LogP contribution >= 0.6 is 0 Å². The highest BCUT2D eigenvalue weighted by atomic mass is 32.2. The van der Waals surface area contributed by atoms with Gasteiger partial charge in [0.1, 0.15) is 5.60 Å². The minimum absolute atomic E-state index is 0.0434. The summed E-state index contributed by atoms with van der Waals surface area (Å²) >= 11 is 0. The van der Waals surface area contributed by atoms with Crippen molar-refractivity contribution in [3.63, 3.8) is 0 Å². The Hall–Kier alpha value is -1.93. The molecule has 0 aromatic heterocycles. The topological polar surface area (TPSA) is 90.0 Å². The number of ether oxygens (including phenoxy) is 1. The van der Waals surface area contributed by atoms with Gasteiger partial charge in [0, 0.05) is 25.6 Å². The quantitative estimate of drug-likeness (QED) is 0.505. The maximum absolute atomic E-state index is 12.2. The summed E-state index contributed by atoms with van der Waals surface area (Å²) < 4.78 is 31.9. The molecule has 0 spiro atoms. The van der Waals surface area contributed by atoms with Crippen LogP contribution in [0.4, 0.5) is 4.79 Å². The lowest BCUT2D eigenvalue weighted by Crippen LogP contribution is -2.34. The van der Waals surface area contributed by atoms with Gasteiger partial charge in [-0.25, -0.2) is 4.79 Å². The molecular formula is C18H27NO6S. The molecule has 1 rings (SSSR count). The van der Waals surface area contributed by atoms with Gasteiger partial charge in [-0.2, -0.15) is 8.42 Å². The minimum atomic E-state index is -3.50. The molecule has 0 radical (unpaired) electrons. The van der Waals surface area contributed by atoms with Crippen molar-refractivity contribution >= 4 is 22.0 Å². The number of carbonyl (C=O) groups is 2. The maximum Gasteiger partial charge on any atom is 0.410 e. The summed E-state index contributed by atoms with van der Waals surface area (Å²) in [5.41, 5.74) is 0.647. The van der Waals surface area contributed by atoms with Crippen LogP contribution in [0.25, 0.3) is 0 Å². The van der Waals surface area contributed by atoms with Gasteiger partial charge in [0.05, 0.1) is 12.9 Å². The number of Topliss-reactive ketones (excluding diaryl/α,β-unsaturated/α-hetero) is 1. The van der Waals surface area contributed by atoms with E-state index in [1.165, 1.54) is 4.90 Å². The van der Waals surface area contributed by atoms with Crippen molar-refractivity contribution in [2.45, 2.75) is 45.8 Å². The first-order valence-corrected chi connectivity index (χ1v) is 10.1. The number of benzene rings is 1. The van der Waals surface area contributed by atoms with Gasteiger partial charge < -0.3 is 9.64 Å². The summed E-state index contributed by atoms with van der Waals surface area (Å²) in [5.74, 6) is -0.0434. The Kier molecular flexibility index (Phi) is 7.77. The molecule has 26 heavy (non-hydrogen) atoms. The van der Waals surface area contributed by atoms with E-state index in [9.17, 15) is 18.0 Å². The molecule has 1 amide bonds. The highest BCUT2D eigenvalue weighted by Gasteiger charge is 2.19. The van der Waals surface area contributed by atoms with Gasteiger partial charge in [0.2, 0.25) is 0 Å². The summed E-state index contributed by atoms with van der Waals surface area (Å²) in [5, 5.41) is 0. The van der Waals surface area contributed by atoms with Gasteiger partial charge in [-0.15, -0.1) is 0 Å². The van der Waals surface area contributed by atoms with E-state index in [1.54, 1.807) is 52.1 Å². The second-order valence-corrected chi connectivity index (χ2v) is 8.74.